The Morgan fingerprint density at radius 1 is 1.13 bits per heavy atom. The summed E-state index contributed by atoms with van der Waals surface area (Å²) in [5.41, 5.74) is 0.975. The Morgan fingerprint density at radius 3 is 2.61 bits per heavy atom. The van der Waals surface area contributed by atoms with E-state index < -0.39 is 5.60 Å². The van der Waals surface area contributed by atoms with Gasteiger partial charge < -0.3 is 5.11 Å². The zero-order valence-electron chi connectivity index (χ0n) is 14.6. The van der Waals surface area contributed by atoms with Crippen LogP contribution in [0.4, 0.5) is 0 Å². The van der Waals surface area contributed by atoms with Gasteiger partial charge in [0, 0.05) is 11.8 Å². The minimum absolute atomic E-state index is 0.00200. The number of allylic oxidation sites excluding steroid dienone is 1. The largest absolute Gasteiger partial charge is 0.385 e. The SMILES string of the molecule is C=CC1(O)CC[C@H]2[C@@H]3CCC4=CC(=O)CC[C@]4(C)[C@@H]3CC[C@@]21C. The number of hydrogen-bond acceptors (Lipinski definition) is 2. The molecule has 0 amide bonds. The van der Waals surface area contributed by atoms with E-state index in [9.17, 15) is 9.90 Å². The molecule has 0 spiro atoms. The molecule has 3 fully saturated rings. The van der Waals surface area contributed by atoms with Crippen LogP contribution in [0.3, 0.4) is 0 Å². The maximum absolute atomic E-state index is 11.9. The number of ketones is 1. The summed E-state index contributed by atoms with van der Waals surface area (Å²) in [5, 5.41) is 11.1. The molecule has 0 bridgehead atoms. The van der Waals surface area contributed by atoms with Gasteiger partial charge in [-0.25, -0.2) is 0 Å². The third kappa shape index (κ3) is 1.88. The van der Waals surface area contributed by atoms with Gasteiger partial charge in [0.15, 0.2) is 5.78 Å². The monoisotopic (exact) mass is 314 g/mol. The van der Waals surface area contributed by atoms with E-state index in [1.807, 2.05) is 12.2 Å². The average Bonchev–Trinajstić information content (AvgIpc) is 2.80. The van der Waals surface area contributed by atoms with Crippen molar-refractivity contribution in [3.8, 4) is 0 Å². The lowest BCUT2D eigenvalue weighted by molar-refractivity contribution is -0.120. The van der Waals surface area contributed by atoms with Gasteiger partial charge in [-0.3, -0.25) is 4.79 Å². The smallest absolute Gasteiger partial charge is 0.155 e. The summed E-state index contributed by atoms with van der Waals surface area (Å²) in [6.07, 6.45) is 12.1. The molecule has 23 heavy (non-hydrogen) atoms. The van der Waals surface area contributed by atoms with Crippen LogP contribution >= 0.6 is 0 Å². The average molecular weight is 314 g/mol. The fourth-order valence-electron chi connectivity index (χ4n) is 6.95. The highest BCUT2D eigenvalue weighted by atomic mass is 16.3. The van der Waals surface area contributed by atoms with Crippen LogP contribution in [0.15, 0.2) is 24.3 Å². The van der Waals surface area contributed by atoms with Crippen molar-refractivity contribution in [2.75, 3.05) is 0 Å². The Labute approximate surface area is 140 Å². The third-order valence-electron chi connectivity index (χ3n) is 8.51. The van der Waals surface area contributed by atoms with E-state index in [0.29, 0.717) is 23.5 Å². The van der Waals surface area contributed by atoms with Crippen LogP contribution in [0.5, 0.6) is 0 Å². The van der Waals surface area contributed by atoms with Crippen molar-refractivity contribution in [2.24, 2.45) is 28.6 Å². The first-order valence-corrected chi connectivity index (χ1v) is 9.44. The minimum Gasteiger partial charge on any atom is -0.385 e. The first-order chi connectivity index (χ1) is 10.8. The summed E-state index contributed by atoms with van der Waals surface area (Å²) < 4.78 is 0. The molecule has 0 aromatic carbocycles. The van der Waals surface area contributed by atoms with Gasteiger partial charge >= 0.3 is 0 Å². The molecule has 0 saturated heterocycles. The van der Waals surface area contributed by atoms with Gasteiger partial charge in [-0.15, -0.1) is 6.58 Å². The van der Waals surface area contributed by atoms with Crippen molar-refractivity contribution in [2.45, 2.75) is 70.8 Å². The normalized spacial score (nSPS) is 52.2. The summed E-state index contributed by atoms with van der Waals surface area (Å²) in [5.74, 6) is 2.35. The summed E-state index contributed by atoms with van der Waals surface area (Å²) in [6.45, 7) is 8.67. The van der Waals surface area contributed by atoms with Gasteiger partial charge in [-0.2, -0.15) is 0 Å². The van der Waals surface area contributed by atoms with Gasteiger partial charge in [0.05, 0.1) is 5.60 Å². The molecule has 6 atom stereocenters. The highest BCUT2D eigenvalue weighted by Gasteiger charge is 2.62. The first-order valence-electron chi connectivity index (χ1n) is 9.44. The predicted octanol–water partition coefficient (Wildman–Crippen LogP) is 4.44. The molecule has 0 radical (unpaired) electrons. The minimum atomic E-state index is -0.678. The molecule has 0 aromatic heterocycles. The zero-order chi connectivity index (χ0) is 16.5. The number of hydrogen-bond donors (Lipinski definition) is 1. The second-order valence-electron chi connectivity index (χ2n) is 9.09. The summed E-state index contributed by atoms with van der Waals surface area (Å²) in [6, 6.07) is 0. The molecule has 0 heterocycles. The first kappa shape index (κ1) is 15.6. The zero-order valence-corrected chi connectivity index (χ0v) is 14.6. The van der Waals surface area contributed by atoms with Crippen LogP contribution in [-0.2, 0) is 4.79 Å². The van der Waals surface area contributed by atoms with Gasteiger partial charge in [0.2, 0.25) is 0 Å². The molecule has 126 valence electrons. The van der Waals surface area contributed by atoms with Crippen LogP contribution in [0, 0.1) is 28.6 Å². The number of carbonyl (C=O) groups is 1. The Hall–Kier alpha value is -0.890. The van der Waals surface area contributed by atoms with E-state index in [2.05, 4.69) is 20.4 Å². The van der Waals surface area contributed by atoms with Gasteiger partial charge in [0.25, 0.3) is 0 Å². The fourth-order valence-corrected chi connectivity index (χ4v) is 6.95. The molecule has 4 aliphatic rings. The quantitative estimate of drug-likeness (QED) is 0.727. The molecular weight excluding hydrogens is 284 g/mol. The van der Waals surface area contributed by atoms with Crippen molar-refractivity contribution in [3.05, 3.63) is 24.3 Å². The van der Waals surface area contributed by atoms with E-state index in [-0.39, 0.29) is 10.8 Å². The lowest BCUT2D eigenvalue weighted by Crippen LogP contribution is -2.54. The van der Waals surface area contributed by atoms with Crippen LogP contribution in [0.2, 0.25) is 0 Å². The van der Waals surface area contributed by atoms with Crippen LogP contribution in [-0.4, -0.2) is 16.5 Å². The standard InChI is InChI=1S/C21H30O2/c1-4-21(23)12-9-18-16-6-5-14-13-15(22)7-10-19(14,2)17(16)8-11-20(18,21)3/h4,13,16-18,23H,1,5-12H2,2-3H3/t16-,17-,18+,19+,20+,21?/m1/s1. The molecule has 1 unspecified atom stereocenters. The Balaban J connectivity index is 1.70. The van der Waals surface area contributed by atoms with Crippen molar-refractivity contribution in [3.63, 3.8) is 0 Å². The van der Waals surface area contributed by atoms with Gasteiger partial charge in [-0.05, 0) is 74.2 Å². The molecule has 0 aliphatic heterocycles. The van der Waals surface area contributed by atoms with Crippen LogP contribution in [0.25, 0.3) is 0 Å². The van der Waals surface area contributed by atoms with Crippen LogP contribution in [0.1, 0.15) is 65.2 Å². The van der Waals surface area contributed by atoms with E-state index in [4.69, 9.17) is 0 Å². The summed E-state index contributed by atoms with van der Waals surface area (Å²) in [4.78, 5) is 11.9. The predicted molar refractivity (Wildman–Crippen MR) is 91.9 cm³/mol. The molecule has 4 aliphatic carbocycles. The number of fused-ring (bicyclic) bond motifs is 5. The third-order valence-corrected chi connectivity index (χ3v) is 8.51. The van der Waals surface area contributed by atoms with Crippen LogP contribution < -0.4 is 0 Å². The Morgan fingerprint density at radius 2 is 1.87 bits per heavy atom. The molecular formula is C21H30O2. The second-order valence-corrected chi connectivity index (χ2v) is 9.09. The Bertz CT molecular complexity index is 591. The van der Waals surface area contributed by atoms with Gasteiger partial charge in [-0.1, -0.05) is 25.5 Å². The molecule has 2 heteroatoms. The maximum Gasteiger partial charge on any atom is 0.155 e. The number of rotatable bonds is 1. The van der Waals surface area contributed by atoms with E-state index in [0.717, 1.165) is 38.5 Å². The highest BCUT2D eigenvalue weighted by molar-refractivity contribution is 5.91. The molecule has 4 rings (SSSR count). The van der Waals surface area contributed by atoms with Crippen molar-refractivity contribution in [1.82, 2.24) is 0 Å². The Kier molecular flexibility index (Phi) is 3.27. The lowest BCUT2D eigenvalue weighted by atomic mass is 9.46. The highest BCUT2D eigenvalue weighted by Crippen LogP contribution is 2.67. The maximum atomic E-state index is 11.9. The lowest BCUT2D eigenvalue weighted by Gasteiger charge is -2.58. The van der Waals surface area contributed by atoms with E-state index in [1.54, 1.807) is 0 Å². The second kappa shape index (κ2) is 4.81. The van der Waals surface area contributed by atoms with Crippen molar-refractivity contribution < 1.29 is 9.90 Å². The number of carbonyl (C=O) groups excluding carboxylic acids is 1. The van der Waals surface area contributed by atoms with E-state index >= 15 is 0 Å². The van der Waals surface area contributed by atoms with Crippen molar-refractivity contribution in [1.29, 1.82) is 0 Å². The molecule has 2 nitrogen and oxygen atoms in total. The van der Waals surface area contributed by atoms with Gasteiger partial charge in [0.1, 0.15) is 0 Å². The van der Waals surface area contributed by atoms with Crippen molar-refractivity contribution >= 4 is 5.78 Å². The topological polar surface area (TPSA) is 37.3 Å². The molecule has 1 N–H and O–H groups in total. The number of aliphatic hydroxyl groups is 1. The molecule has 0 aromatic rings. The van der Waals surface area contributed by atoms with E-state index in [1.165, 1.54) is 18.4 Å². The molecule has 3 saturated carbocycles. The summed E-state index contributed by atoms with van der Waals surface area (Å²) in [7, 11) is 0. The fraction of sp³-hybridized carbons (Fsp3) is 0.762. The summed E-state index contributed by atoms with van der Waals surface area (Å²) >= 11 is 0.